The van der Waals surface area contributed by atoms with Crippen molar-refractivity contribution >= 4 is 11.7 Å². The molecule has 0 saturated heterocycles. The number of nitrogens with two attached hydrogens (primary N) is 1. The first-order chi connectivity index (χ1) is 9.71. The van der Waals surface area contributed by atoms with Crippen LogP contribution in [0.3, 0.4) is 0 Å². The lowest BCUT2D eigenvalue weighted by atomic mass is 9.83. The van der Waals surface area contributed by atoms with Gasteiger partial charge in [-0.3, -0.25) is 4.79 Å². The monoisotopic (exact) mass is 301 g/mol. The lowest BCUT2D eigenvalue weighted by Gasteiger charge is -2.35. The third kappa shape index (κ3) is 3.65. The summed E-state index contributed by atoms with van der Waals surface area (Å²) < 4.78 is 38.3. The molecule has 1 aliphatic rings. The van der Waals surface area contributed by atoms with Crippen LogP contribution in [0.25, 0.3) is 0 Å². The van der Waals surface area contributed by atoms with Crippen molar-refractivity contribution < 1.29 is 18.0 Å². The number of rotatable bonds is 3. The fraction of sp³-hybridized carbons (Fsp3) is 0.571. The van der Waals surface area contributed by atoms with Crippen LogP contribution in [0.15, 0.2) is 12.1 Å². The fourth-order valence-corrected chi connectivity index (χ4v) is 2.65. The number of nitrogens with zero attached hydrogens (tertiary/aromatic N) is 1. The molecule has 3 N–H and O–H groups in total. The number of carbonyl (C=O) groups is 1. The Balaban J connectivity index is 2.36. The van der Waals surface area contributed by atoms with Crippen molar-refractivity contribution in [2.24, 2.45) is 5.73 Å². The van der Waals surface area contributed by atoms with Crippen LogP contribution in [0.1, 0.15) is 55.1 Å². The van der Waals surface area contributed by atoms with E-state index in [9.17, 15) is 18.0 Å². The number of aromatic nitrogens is 1. The summed E-state index contributed by atoms with van der Waals surface area (Å²) in [5, 5.41) is 3.01. The largest absolute Gasteiger partial charge is 0.433 e. The number of amides is 1. The Labute approximate surface area is 120 Å². The van der Waals surface area contributed by atoms with E-state index in [4.69, 9.17) is 5.73 Å². The molecule has 1 aromatic heterocycles. The van der Waals surface area contributed by atoms with E-state index in [0.717, 1.165) is 44.2 Å². The molecule has 7 heteroatoms. The molecule has 21 heavy (non-hydrogen) atoms. The Hall–Kier alpha value is -1.79. The summed E-state index contributed by atoms with van der Waals surface area (Å²) in [7, 11) is 0. The average Bonchev–Trinajstić information content (AvgIpc) is 2.37. The molecule has 0 aromatic carbocycles. The number of nitrogens with one attached hydrogen (secondary N) is 1. The lowest BCUT2D eigenvalue weighted by molar-refractivity contribution is -0.141. The topological polar surface area (TPSA) is 68.0 Å². The highest BCUT2D eigenvalue weighted by Crippen LogP contribution is 2.34. The maximum absolute atomic E-state index is 12.8. The van der Waals surface area contributed by atoms with E-state index < -0.39 is 17.8 Å². The van der Waals surface area contributed by atoms with Gasteiger partial charge in [0.25, 0.3) is 5.91 Å². The van der Waals surface area contributed by atoms with Crippen LogP contribution < -0.4 is 11.1 Å². The SMILES string of the molecule is CC1(Nc2nc(C(F)(F)F)ccc2C(N)=O)CCCCC1. The van der Waals surface area contributed by atoms with Gasteiger partial charge in [-0.2, -0.15) is 13.2 Å². The summed E-state index contributed by atoms with van der Waals surface area (Å²) in [6, 6.07) is 1.85. The average molecular weight is 301 g/mol. The Morgan fingerprint density at radius 3 is 2.43 bits per heavy atom. The van der Waals surface area contributed by atoms with Crippen LogP contribution in [0.5, 0.6) is 0 Å². The third-order valence-electron chi connectivity index (χ3n) is 3.83. The van der Waals surface area contributed by atoms with Crippen molar-refractivity contribution in [2.45, 2.75) is 50.7 Å². The summed E-state index contributed by atoms with van der Waals surface area (Å²) >= 11 is 0. The number of hydrogen-bond acceptors (Lipinski definition) is 3. The zero-order chi connectivity index (χ0) is 15.7. The van der Waals surface area contributed by atoms with Crippen molar-refractivity contribution in [3.05, 3.63) is 23.4 Å². The van der Waals surface area contributed by atoms with E-state index in [1.54, 1.807) is 0 Å². The van der Waals surface area contributed by atoms with Crippen molar-refractivity contribution in [3.63, 3.8) is 0 Å². The number of halogens is 3. The second-order valence-electron chi connectivity index (χ2n) is 5.70. The van der Waals surface area contributed by atoms with Gasteiger partial charge >= 0.3 is 6.18 Å². The molecule has 0 aliphatic heterocycles. The summed E-state index contributed by atoms with van der Waals surface area (Å²) in [6.07, 6.45) is 0.186. The van der Waals surface area contributed by atoms with Crippen LogP contribution in [0.2, 0.25) is 0 Å². The number of alkyl halides is 3. The van der Waals surface area contributed by atoms with E-state index >= 15 is 0 Å². The highest BCUT2D eigenvalue weighted by atomic mass is 19.4. The number of anilines is 1. The summed E-state index contributed by atoms with van der Waals surface area (Å²) in [5.74, 6) is -0.875. The van der Waals surface area contributed by atoms with Gasteiger partial charge in [0.15, 0.2) is 0 Å². The van der Waals surface area contributed by atoms with Gasteiger partial charge in [0.05, 0.1) is 5.56 Å². The molecule has 1 aromatic rings. The predicted molar refractivity (Wildman–Crippen MR) is 72.9 cm³/mol. The van der Waals surface area contributed by atoms with E-state index in [0.29, 0.717) is 0 Å². The summed E-state index contributed by atoms with van der Waals surface area (Å²) in [6.45, 7) is 1.93. The highest BCUT2D eigenvalue weighted by Gasteiger charge is 2.35. The maximum Gasteiger partial charge on any atom is 0.433 e. The summed E-state index contributed by atoms with van der Waals surface area (Å²) in [4.78, 5) is 15.0. The van der Waals surface area contributed by atoms with Gasteiger partial charge < -0.3 is 11.1 Å². The Morgan fingerprint density at radius 2 is 1.90 bits per heavy atom. The number of primary amides is 1. The molecular weight excluding hydrogens is 283 g/mol. The van der Waals surface area contributed by atoms with Crippen molar-refractivity contribution in [1.82, 2.24) is 4.98 Å². The van der Waals surface area contributed by atoms with Gasteiger partial charge in [0, 0.05) is 5.54 Å². The van der Waals surface area contributed by atoms with Gasteiger partial charge in [-0.05, 0) is 31.9 Å². The van der Waals surface area contributed by atoms with Crippen LogP contribution in [0, 0.1) is 0 Å². The lowest BCUT2D eigenvalue weighted by Crippen LogP contribution is -2.38. The minimum Gasteiger partial charge on any atom is -0.365 e. The summed E-state index contributed by atoms with van der Waals surface area (Å²) in [5.41, 5.74) is 3.81. The van der Waals surface area contributed by atoms with E-state index in [1.165, 1.54) is 0 Å². The number of hydrogen-bond donors (Lipinski definition) is 2. The zero-order valence-corrected chi connectivity index (χ0v) is 11.8. The normalized spacial score (nSPS) is 18.3. The van der Waals surface area contributed by atoms with Gasteiger partial charge in [0.2, 0.25) is 0 Å². The third-order valence-corrected chi connectivity index (χ3v) is 3.83. The maximum atomic E-state index is 12.8. The van der Waals surface area contributed by atoms with Crippen LogP contribution in [0.4, 0.5) is 19.0 Å². The molecule has 1 fully saturated rings. The van der Waals surface area contributed by atoms with Gasteiger partial charge in [-0.25, -0.2) is 4.98 Å². The molecule has 116 valence electrons. The molecular formula is C14H18F3N3O. The van der Waals surface area contributed by atoms with Gasteiger partial charge in [-0.15, -0.1) is 0 Å². The molecule has 2 rings (SSSR count). The molecule has 0 spiro atoms. The van der Waals surface area contributed by atoms with Crippen molar-refractivity contribution in [1.29, 1.82) is 0 Å². The predicted octanol–water partition coefficient (Wildman–Crippen LogP) is 3.33. The standard InChI is InChI=1S/C14H18F3N3O/c1-13(7-3-2-4-8-13)20-12-9(11(18)21)5-6-10(19-12)14(15,16)17/h5-6H,2-4,7-8H2,1H3,(H2,18,21)(H,19,20). The second kappa shape index (κ2) is 5.54. The minimum absolute atomic E-state index is 0.0187. The second-order valence-corrected chi connectivity index (χ2v) is 5.70. The Bertz CT molecular complexity index is 537. The minimum atomic E-state index is -4.56. The smallest absolute Gasteiger partial charge is 0.365 e. The highest BCUT2D eigenvalue weighted by molar-refractivity contribution is 5.97. The fourth-order valence-electron chi connectivity index (χ4n) is 2.65. The number of pyridine rings is 1. The first-order valence-electron chi connectivity index (χ1n) is 6.87. The molecule has 0 atom stereocenters. The molecule has 0 radical (unpaired) electrons. The first-order valence-corrected chi connectivity index (χ1v) is 6.87. The Kier molecular flexibility index (Phi) is 4.11. The number of carbonyl (C=O) groups excluding carboxylic acids is 1. The Morgan fingerprint density at radius 1 is 1.29 bits per heavy atom. The van der Waals surface area contributed by atoms with Crippen LogP contribution in [-0.4, -0.2) is 16.4 Å². The van der Waals surface area contributed by atoms with Crippen molar-refractivity contribution in [3.8, 4) is 0 Å². The van der Waals surface area contributed by atoms with Gasteiger partial charge in [0.1, 0.15) is 11.5 Å². The van der Waals surface area contributed by atoms with Crippen LogP contribution >= 0.6 is 0 Å². The first kappa shape index (κ1) is 15.6. The van der Waals surface area contributed by atoms with E-state index in [-0.39, 0.29) is 16.9 Å². The van der Waals surface area contributed by atoms with E-state index in [2.05, 4.69) is 10.3 Å². The van der Waals surface area contributed by atoms with Crippen molar-refractivity contribution in [2.75, 3.05) is 5.32 Å². The zero-order valence-electron chi connectivity index (χ0n) is 11.8. The van der Waals surface area contributed by atoms with E-state index in [1.807, 2.05) is 6.92 Å². The molecule has 0 unspecified atom stereocenters. The molecule has 1 heterocycles. The molecule has 4 nitrogen and oxygen atoms in total. The molecule has 0 bridgehead atoms. The van der Waals surface area contributed by atoms with Crippen LogP contribution in [-0.2, 0) is 6.18 Å². The molecule has 1 aliphatic carbocycles. The molecule has 1 amide bonds. The van der Waals surface area contributed by atoms with Gasteiger partial charge in [-0.1, -0.05) is 19.3 Å². The molecule has 1 saturated carbocycles. The quantitative estimate of drug-likeness (QED) is 0.899.